The Balaban J connectivity index is 2.21. The monoisotopic (exact) mass is 901 g/mol. The number of amides is 5. The molecular formula is C46H72N6O12. The molecule has 2 saturated heterocycles. The highest BCUT2D eigenvalue weighted by atomic mass is 16.6. The topological polar surface area (TPSA) is 239 Å². The zero-order chi connectivity index (χ0) is 48.2. The van der Waals surface area contributed by atoms with Gasteiger partial charge in [0.15, 0.2) is 11.9 Å². The maximum atomic E-state index is 14.6. The first kappa shape index (κ1) is 53.2. The summed E-state index contributed by atoms with van der Waals surface area (Å²) in [5.74, 6) is -7.86. The Labute approximate surface area is 377 Å². The average molecular weight is 901 g/mol. The van der Waals surface area contributed by atoms with Crippen molar-refractivity contribution in [1.82, 2.24) is 31.1 Å². The number of carbonyl (C=O) groups excluding carboxylic acids is 8. The summed E-state index contributed by atoms with van der Waals surface area (Å²) in [6.45, 7) is 15.1. The molecule has 0 aromatic heterocycles. The fourth-order valence-electron chi connectivity index (χ4n) is 7.88. The smallest absolute Gasteiger partial charge is 0.329 e. The number of nitrogens with one attached hydrogen (secondary N) is 4. The molecule has 0 bridgehead atoms. The number of nitrogens with zero attached hydrogens (tertiary/aromatic N) is 2. The number of carbonyl (C=O) groups is 8. The number of cyclic esters (lactones) is 2. The van der Waals surface area contributed by atoms with Crippen LogP contribution in [0, 0.1) is 23.7 Å². The molecule has 2 heterocycles. The van der Waals surface area contributed by atoms with Gasteiger partial charge in [-0.3, -0.25) is 33.6 Å². The molecule has 2 aliphatic rings. The molecule has 64 heavy (non-hydrogen) atoms. The molecule has 3 rings (SSSR count). The molecule has 5 N–H and O–H groups in total. The Bertz CT molecular complexity index is 1810. The summed E-state index contributed by atoms with van der Waals surface area (Å²) in [4.78, 5) is 115. The van der Waals surface area contributed by atoms with Gasteiger partial charge in [-0.1, -0.05) is 60.1 Å². The minimum Gasteiger partial charge on any atom is -0.497 e. The van der Waals surface area contributed by atoms with E-state index in [0.717, 1.165) is 0 Å². The molecule has 1 aromatic carbocycles. The number of methoxy groups -OCH3 is 1. The van der Waals surface area contributed by atoms with Gasteiger partial charge in [0, 0.05) is 20.0 Å². The lowest BCUT2D eigenvalue weighted by atomic mass is 9.91. The van der Waals surface area contributed by atoms with Crippen LogP contribution in [0.5, 0.6) is 5.75 Å². The number of ether oxygens (including phenoxy) is 3. The van der Waals surface area contributed by atoms with E-state index in [4.69, 9.17) is 14.2 Å². The van der Waals surface area contributed by atoms with Crippen LogP contribution < -0.4 is 26.0 Å². The second-order valence-electron chi connectivity index (χ2n) is 18.0. The molecule has 11 atom stereocenters. The highest BCUT2D eigenvalue weighted by Crippen LogP contribution is 2.26. The molecule has 0 radical (unpaired) electrons. The number of benzene rings is 1. The van der Waals surface area contributed by atoms with Crippen LogP contribution in [0.2, 0.25) is 0 Å². The maximum Gasteiger partial charge on any atom is 0.329 e. The van der Waals surface area contributed by atoms with Gasteiger partial charge in [-0.15, -0.1) is 0 Å². The van der Waals surface area contributed by atoms with E-state index in [0.29, 0.717) is 24.2 Å². The molecule has 18 heteroatoms. The van der Waals surface area contributed by atoms with Gasteiger partial charge in [-0.2, -0.15) is 0 Å². The molecule has 0 spiro atoms. The Hall–Kier alpha value is -5.10. The summed E-state index contributed by atoms with van der Waals surface area (Å²) in [5, 5.41) is 22.5. The SMILES string of the molecule is CC[C@H](C)[C@H]1NC(=O)[C@@H](NC(=O)[C@@H](C)NC)[C@@H](C)OC(=O)[C@H](Cc2ccc(OC)cc2)N(C)C(=O)[C@@H]2CCCN2C(=O)[C@H](CC(C)C)NC(=O)[C@@H](C)C(=O)[C@H](C(C)C)OC(=O)C[C@@H]1O. The summed E-state index contributed by atoms with van der Waals surface area (Å²) < 4.78 is 16.9. The van der Waals surface area contributed by atoms with E-state index < -0.39 is 126 Å². The third-order valence-electron chi connectivity index (χ3n) is 12.3. The molecule has 5 amide bonds. The van der Waals surface area contributed by atoms with Crippen molar-refractivity contribution in [1.29, 1.82) is 0 Å². The maximum absolute atomic E-state index is 14.6. The zero-order valence-electron chi connectivity index (χ0n) is 39.6. The van der Waals surface area contributed by atoms with Crippen LogP contribution in [0.1, 0.15) is 100.0 Å². The average Bonchev–Trinajstić information content (AvgIpc) is 3.75. The Morgan fingerprint density at radius 3 is 2.14 bits per heavy atom. The molecule has 0 aliphatic carbocycles. The summed E-state index contributed by atoms with van der Waals surface area (Å²) >= 11 is 0. The summed E-state index contributed by atoms with van der Waals surface area (Å²) in [5.41, 5.74) is 0.629. The van der Waals surface area contributed by atoms with E-state index in [-0.39, 0.29) is 31.7 Å². The lowest BCUT2D eigenvalue weighted by molar-refractivity contribution is -0.163. The van der Waals surface area contributed by atoms with Crippen molar-refractivity contribution < 1.29 is 57.7 Å². The Morgan fingerprint density at radius 2 is 1.58 bits per heavy atom. The molecule has 358 valence electrons. The van der Waals surface area contributed by atoms with E-state index in [9.17, 15) is 43.5 Å². The van der Waals surface area contributed by atoms with Gasteiger partial charge in [0.2, 0.25) is 29.5 Å². The number of hydrogen-bond acceptors (Lipinski definition) is 13. The summed E-state index contributed by atoms with van der Waals surface area (Å²) in [6.07, 6.45) is -3.68. The van der Waals surface area contributed by atoms with Crippen LogP contribution in [0.15, 0.2) is 24.3 Å². The Morgan fingerprint density at radius 1 is 0.938 bits per heavy atom. The van der Waals surface area contributed by atoms with Crippen molar-refractivity contribution in [3.05, 3.63) is 29.8 Å². The molecule has 2 aliphatic heterocycles. The first-order valence-corrected chi connectivity index (χ1v) is 22.5. The van der Waals surface area contributed by atoms with E-state index in [1.807, 2.05) is 20.8 Å². The van der Waals surface area contributed by atoms with Gasteiger partial charge in [-0.25, -0.2) is 4.79 Å². The van der Waals surface area contributed by atoms with Crippen LogP contribution in [0.3, 0.4) is 0 Å². The van der Waals surface area contributed by atoms with Crippen molar-refractivity contribution in [3.8, 4) is 5.75 Å². The Kier molecular flexibility index (Phi) is 20.2. The van der Waals surface area contributed by atoms with Crippen LogP contribution in [0.4, 0.5) is 0 Å². The standard InChI is InChI=1S/C46H72N6O12/c1-13-26(6)37-35(53)23-36(54)64-40(25(4)5)39(55)27(7)41(56)48-32(21-24(2)3)44(59)52-20-14-15-33(52)45(60)51(11)34(22-30-16-18-31(62-12)19-17-30)46(61)63-29(9)38(43(58)49-37)50-42(57)28(8)47-10/h16-19,24-29,32-35,37-38,40,47,53H,13-15,20-23H2,1-12H3,(H,48,56)(H,49,58)(H,50,57)/t26-,27-,28+,29+,32-,33-,34-,35-,37+,38-,40-/m0/s1. The van der Waals surface area contributed by atoms with Gasteiger partial charge in [0.05, 0.1) is 37.6 Å². The van der Waals surface area contributed by atoms with Crippen molar-refractivity contribution in [3.63, 3.8) is 0 Å². The highest BCUT2D eigenvalue weighted by molar-refractivity contribution is 6.05. The third kappa shape index (κ3) is 13.9. The van der Waals surface area contributed by atoms with E-state index in [2.05, 4.69) is 21.3 Å². The third-order valence-corrected chi connectivity index (χ3v) is 12.3. The number of aliphatic hydroxyl groups is 1. The van der Waals surface area contributed by atoms with Crippen LogP contribution in [-0.2, 0) is 54.3 Å². The van der Waals surface area contributed by atoms with Crippen molar-refractivity contribution in [2.24, 2.45) is 23.7 Å². The quantitative estimate of drug-likeness (QED) is 0.157. The number of rotatable bonds is 11. The van der Waals surface area contributed by atoms with E-state index >= 15 is 0 Å². The number of Topliss-reactive ketones (excluding diaryl/α,β-unsaturated/α-hetero) is 1. The van der Waals surface area contributed by atoms with Crippen LogP contribution in [0.25, 0.3) is 0 Å². The first-order valence-electron chi connectivity index (χ1n) is 22.5. The largest absolute Gasteiger partial charge is 0.497 e. The number of fused-ring (bicyclic) bond motifs is 1. The van der Waals surface area contributed by atoms with Gasteiger partial charge < -0.3 is 50.4 Å². The summed E-state index contributed by atoms with van der Waals surface area (Å²) in [6, 6.07) is -0.0137. The van der Waals surface area contributed by atoms with Crippen LogP contribution in [-0.4, -0.2) is 144 Å². The normalized spacial score (nSPS) is 28.5. The molecule has 1 aromatic rings. The minimum absolute atomic E-state index is 0.0494. The number of esters is 2. The molecule has 0 saturated carbocycles. The predicted octanol–water partition coefficient (Wildman–Crippen LogP) is 1.68. The lowest BCUT2D eigenvalue weighted by Crippen LogP contribution is -2.61. The van der Waals surface area contributed by atoms with Crippen molar-refractivity contribution in [2.45, 2.75) is 155 Å². The predicted molar refractivity (Wildman–Crippen MR) is 236 cm³/mol. The van der Waals surface area contributed by atoms with Crippen molar-refractivity contribution in [2.75, 3.05) is 27.7 Å². The summed E-state index contributed by atoms with van der Waals surface area (Å²) in [7, 11) is 4.49. The number of aliphatic hydroxyl groups excluding tert-OH is 1. The second kappa shape index (κ2) is 24.3. The van der Waals surface area contributed by atoms with Gasteiger partial charge in [0.25, 0.3) is 0 Å². The van der Waals surface area contributed by atoms with Gasteiger partial charge >= 0.3 is 11.9 Å². The van der Waals surface area contributed by atoms with Crippen LogP contribution >= 0.6 is 0 Å². The molecule has 2 fully saturated rings. The highest BCUT2D eigenvalue weighted by Gasteiger charge is 2.44. The van der Waals surface area contributed by atoms with Gasteiger partial charge in [0.1, 0.15) is 36.0 Å². The second-order valence-corrected chi connectivity index (χ2v) is 18.0. The van der Waals surface area contributed by atoms with E-state index in [1.54, 1.807) is 59.0 Å². The lowest BCUT2D eigenvalue weighted by Gasteiger charge is -2.35. The first-order chi connectivity index (χ1) is 30.1. The molecule has 0 unspecified atom stereocenters. The number of hydrogen-bond donors (Lipinski definition) is 5. The number of ketones is 1. The fraction of sp³-hybridized carbons (Fsp3) is 0.696. The van der Waals surface area contributed by atoms with Crippen molar-refractivity contribution >= 4 is 47.3 Å². The fourth-order valence-corrected chi connectivity index (χ4v) is 7.88. The number of likely N-dealkylation sites (N-methyl/N-ethyl adjacent to an activating group) is 2. The minimum atomic E-state index is -1.55. The molecular weight excluding hydrogens is 829 g/mol. The zero-order valence-corrected chi connectivity index (χ0v) is 39.6. The van der Waals surface area contributed by atoms with E-state index in [1.165, 1.54) is 37.8 Å². The van der Waals surface area contributed by atoms with Gasteiger partial charge in [-0.05, 0) is 82.5 Å². The molecule has 18 nitrogen and oxygen atoms in total.